The molecule has 0 radical (unpaired) electrons. The molecule has 2 atom stereocenters. The van der Waals surface area contributed by atoms with Gasteiger partial charge in [0.15, 0.2) is 0 Å². The van der Waals surface area contributed by atoms with E-state index in [4.69, 9.17) is 4.74 Å². The molecule has 0 aromatic heterocycles. The number of esters is 1. The maximum atomic E-state index is 13.4. The van der Waals surface area contributed by atoms with Crippen LogP contribution in [0, 0.1) is 27.8 Å². The maximum absolute atomic E-state index is 13.4. The zero-order valence-electron chi connectivity index (χ0n) is 11.2. The second-order valence-corrected chi connectivity index (χ2v) is 4.94. The van der Waals surface area contributed by atoms with Crippen molar-refractivity contribution in [2.45, 2.75) is 6.92 Å². The van der Waals surface area contributed by atoms with Crippen LogP contribution in [0.25, 0.3) is 0 Å². The van der Waals surface area contributed by atoms with Crippen molar-refractivity contribution in [3.05, 3.63) is 34.1 Å². The molecule has 1 saturated heterocycles. The van der Waals surface area contributed by atoms with Crippen LogP contribution in [-0.2, 0) is 9.53 Å². The maximum Gasteiger partial charge on any atom is 0.310 e. The molecule has 2 rings (SSSR count). The summed E-state index contributed by atoms with van der Waals surface area (Å²) in [5.74, 6) is -1.23. The minimum atomic E-state index is -0.664. The van der Waals surface area contributed by atoms with Gasteiger partial charge in [-0.05, 0) is 12.0 Å². The first-order valence-corrected chi connectivity index (χ1v) is 6.20. The summed E-state index contributed by atoms with van der Waals surface area (Å²) in [4.78, 5) is 23.5. The molecular weight excluding hydrogens is 267 g/mol. The Morgan fingerprint density at radius 3 is 2.75 bits per heavy atom. The monoisotopic (exact) mass is 282 g/mol. The molecule has 0 saturated carbocycles. The van der Waals surface area contributed by atoms with Crippen molar-refractivity contribution < 1.29 is 18.8 Å². The number of hydrogen-bond acceptors (Lipinski definition) is 5. The predicted octanol–water partition coefficient (Wildman–Crippen LogP) is 1.98. The van der Waals surface area contributed by atoms with E-state index in [9.17, 15) is 19.3 Å². The lowest BCUT2D eigenvalue weighted by Crippen LogP contribution is -2.24. The molecule has 1 fully saturated rings. The first kappa shape index (κ1) is 14.2. The van der Waals surface area contributed by atoms with E-state index in [-0.39, 0.29) is 23.5 Å². The highest BCUT2D eigenvalue weighted by Gasteiger charge is 2.36. The fourth-order valence-electron chi connectivity index (χ4n) is 2.48. The second kappa shape index (κ2) is 5.44. The number of anilines is 1. The summed E-state index contributed by atoms with van der Waals surface area (Å²) >= 11 is 0. The molecule has 1 heterocycles. The number of benzene rings is 1. The van der Waals surface area contributed by atoms with Crippen LogP contribution in [0.2, 0.25) is 0 Å². The van der Waals surface area contributed by atoms with E-state index in [1.165, 1.54) is 19.2 Å². The SMILES string of the molecule is COC(=O)C1CN(c2cc(F)cc([N+](=O)[O-])c2)CC1C. The van der Waals surface area contributed by atoms with E-state index >= 15 is 0 Å². The number of carbonyl (C=O) groups excluding carboxylic acids is 1. The lowest BCUT2D eigenvalue weighted by atomic mass is 9.99. The quantitative estimate of drug-likeness (QED) is 0.481. The van der Waals surface area contributed by atoms with Gasteiger partial charge in [0.25, 0.3) is 5.69 Å². The Balaban J connectivity index is 2.25. The van der Waals surface area contributed by atoms with Crippen molar-refractivity contribution in [1.82, 2.24) is 0 Å². The molecule has 1 aliphatic heterocycles. The molecule has 0 bridgehead atoms. The Hall–Kier alpha value is -2.18. The minimum absolute atomic E-state index is 0.0461. The predicted molar refractivity (Wildman–Crippen MR) is 69.9 cm³/mol. The third kappa shape index (κ3) is 2.71. The molecule has 20 heavy (non-hydrogen) atoms. The van der Waals surface area contributed by atoms with Gasteiger partial charge in [-0.3, -0.25) is 14.9 Å². The summed E-state index contributed by atoms with van der Waals surface area (Å²) in [5, 5.41) is 10.7. The number of nitro groups is 1. The molecule has 6 nitrogen and oxygen atoms in total. The van der Waals surface area contributed by atoms with Gasteiger partial charge in [0.05, 0.1) is 24.0 Å². The molecule has 0 aliphatic carbocycles. The number of non-ortho nitro benzene ring substituents is 1. The molecule has 1 aliphatic rings. The van der Waals surface area contributed by atoms with Crippen LogP contribution in [0.4, 0.5) is 15.8 Å². The van der Waals surface area contributed by atoms with E-state index < -0.39 is 10.7 Å². The number of halogens is 1. The van der Waals surface area contributed by atoms with Crippen molar-refractivity contribution in [2.24, 2.45) is 11.8 Å². The van der Waals surface area contributed by atoms with Crippen molar-refractivity contribution in [3.63, 3.8) is 0 Å². The number of hydrogen-bond donors (Lipinski definition) is 0. The Labute approximate surface area is 115 Å². The van der Waals surface area contributed by atoms with E-state index in [0.29, 0.717) is 18.8 Å². The largest absolute Gasteiger partial charge is 0.469 e. The van der Waals surface area contributed by atoms with Crippen molar-refractivity contribution in [3.8, 4) is 0 Å². The van der Waals surface area contributed by atoms with Crippen LogP contribution in [0.1, 0.15) is 6.92 Å². The zero-order chi connectivity index (χ0) is 14.9. The third-order valence-corrected chi connectivity index (χ3v) is 3.56. The van der Waals surface area contributed by atoms with Crippen LogP contribution >= 0.6 is 0 Å². The molecule has 0 N–H and O–H groups in total. The van der Waals surface area contributed by atoms with Gasteiger partial charge < -0.3 is 9.64 Å². The van der Waals surface area contributed by atoms with Crippen LogP contribution in [0.5, 0.6) is 0 Å². The number of carbonyl (C=O) groups is 1. The Morgan fingerprint density at radius 1 is 1.45 bits per heavy atom. The molecule has 1 aromatic carbocycles. The summed E-state index contributed by atoms with van der Waals surface area (Å²) in [6.45, 7) is 2.80. The Kier molecular flexibility index (Phi) is 3.87. The normalized spacial score (nSPS) is 21.9. The lowest BCUT2D eigenvalue weighted by Gasteiger charge is -2.18. The van der Waals surface area contributed by atoms with Crippen LogP contribution in [-0.4, -0.2) is 31.1 Å². The van der Waals surface area contributed by atoms with Crippen molar-refractivity contribution in [2.75, 3.05) is 25.1 Å². The average molecular weight is 282 g/mol. The third-order valence-electron chi connectivity index (χ3n) is 3.56. The topological polar surface area (TPSA) is 72.7 Å². The van der Waals surface area contributed by atoms with Gasteiger partial charge >= 0.3 is 5.97 Å². The molecule has 1 aromatic rings. The summed E-state index contributed by atoms with van der Waals surface area (Å²) in [7, 11) is 1.32. The lowest BCUT2D eigenvalue weighted by molar-refractivity contribution is -0.385. The number of rotatable bonds is 3. The highest BCUT2D eigenvalue weighted by Crippen LogP contribution is 2.31. The van der Waals surface area contributed by atoms with Crippen molar-refractivity contribution >= 4 is 17.3 Å². The molecule has 7 heteroatoms. The molecule has 0 amide bonds. The Morgan fingerprint density at radius 2 is 2.15 bits per heavy atom. The van der Waals surface area contributed by atoms with E-state index in [0.717, 1.165) is 6.07 Å². The van der Waals surface area contributed by atoms with Crippen LogP contribution in [0.3, 0.4) is 0 Å². The number of nitrogens with zero attached hydrogens (tertiary/aromatic N) is 2. The molecular formula is C13H15FN2O4. The zero-order valence-corrected chi connectivity index (χ0v) is 11.2. The first-order valence-electron chi connectivity index (χ1n) is 6.20. The fourth-order valence-corrected chi connectivity index (χ4v) is 2.48. The highest BCUT2D eigenvalue weighted by atomic mass is 19.1. The van der Waals surface area contributed by atoms with Gasteiger partial charge in [0.1, 0.15) is 5.82 Å². The Bertz CT molecular complexity index is 549. The number of methoxy groups -OCH3 is 1. The molecule has 2 unspecified atom stereocenters. The van der Waals surface area contributed by atoms with Crippen LogP contribution < -0.4 is 4.90 Å². The molecule has 108 valence electrons. The fraction of sp³-hybridized carbons (Fsp3) is 0.462. The van der Waals surface area contributed by atoms with Gasteiger partial charge in [-0.15, -0.1) is 0 Å². The average Bonchev–Trinajstić information content (AvgIpc) is 2.79. The van der Waals surface area contributed by atoms with E-state index in [1.54, 1.807) is 4.90 Å². The smallest absolute Gasteiger partial charge is 0.310 e. The van der Waals surface area contributed by atoms with E-state index in [2.05, 4.69) is 0 Å². The number of nitro benzene ring substituents is 1. The van der Waals surface area contributed by atoms with E-state index in [1.807, 2.05) is 6.92 Å². The standard InChI is InChI=1S/C13H15FN2O4/c1-8-6-15(7-12(8)13(17)20-2)10-3-9(14)4-11(5-10)16(18)19/h3-5,8,12H,6-7H2,1-2H3. The second-order valence-electron chi connectivity index (χ2n) is 4.94. The summed E-state index contributed by atoms with van der Waals surface area (Å²) < 4.78 is 18.2. The van der Waals surface area contributed by atoms with Crippen LogP contribution in [0.15, 0.2) is 18.2 Å². The van der Waals surface area contributed by atoms with Crippen molar-refractivity contribution in [1.29, 1.82) is 0 Å². The van der Waals surface area contributed by atoms with Gasteiger partial charge in [0.2, 0.25) is 0 Å². The van der Waals surface area contributed by atoms with Gasteiger partial charge in [-0.25, -0.2) is 4.39 Å². The first-order chi connectivity index (χ1) is 9.42. The van der Waals surface area contributed by atoms with Gasteiger partial charge in [-0.1, -0.05) is 6.92 Å². The minimum Gasteiger partial charge on any atom is -0.469 e. The van der Waals surface area contributed by atoms with Gasteiger partial charge in [-0.2, -0.15) is 0 Å². The number of ether oxygens (including phenoxy) is 1. The summed E-state index contributed by atoms with van der Waals surface area (Å²) in [5.41, 5.74) is 0.115. The summed E-state index contributed by atoms with van der Waals surface area (Å²) in [6.07, 6.45) is 0. The molecule has 0 spiro atoms. The highest BCUT2D eigenvalue weighted by molar-refractivity contribution is 5.74. The van der Waals surface area contributed by atoms with Gasteiger partial charge in [0, 0.05) is 24.8 Å². The summed E-state index contributed by atoms with van der Waals surface area (Å²) in [6, 6.07) is 3.43.